The van der Waals surface area contributed by atoms with E-state index in [-0.39, 0.29) is 17.5 Å². The minimum Gasteiger partial charge on any atom is -0.376 e. The fraction of sp³-hybridized carbons (Fsp3) is 0.625. The predicted molar refractivity (Wildman–Crippen MR) is 75.5 cm³/mol. The summed E-state index contributed by atoms with van der Waals surface area (Å²) in [7, 11) is 1.73. The minimum absolute atomic E-state index is 0.187. The second kappa shape index (κ2) is 6.02. The summed E-state index contributed by atoms with van der Waals surface area (Å²) in [5, 5.41) is 0. The number of methoxy groups -OCH3 is 1. The molecule has 1 aromatic carbocycles. The zero-order chi connectivity index (χ0) is 13.9. The molecule has 0 bridgehead atoms. The first kappa shape index (κ1) is 14.5. The molecule has 1 aromatic rings. The molecule has 0 aliphatic heterocycles. The third kappa shape index (κ3) is 2.98. The lowest BCUT2D eigenvalue weighted by molar-refractivity contribution is -0.0442. The van der Waals surface area contributed by atoms with Gasteiger partial charge in [-0.3, -0.25) is 0 Å². The summed E-state index contributed by atoms with van der Waals surface area (Å²) in [6, 6.07) is 5.02. The van der Waals surface area contributed by atoms with E-state index in [0.717, 1.165) is 31.2 Å². The topological polar surface area (TPSA) is 35.2 Å². The van der Waals surface area contributed by atoms with E-state index < -0.39 is 0 Å². The molecule has 1 atom stereocenters. The number of benzene rings is 1. The Hall–Kier alpha value is -0.930. The zero-order valence-corrected chi connectivity index (χ0v) is 11.9. The van der Waals surface area contributed by atoms with E-state index in [1.807, 2.05) is 6.07 Å². The average Bonchev–Trinajstić information content (AvgIpc) is 2.67. The smallest absolute Gasteiger partial charge is 0.126 e. The Morgan fingerprint density at radius 3 is 2.37 bits per heavy atom. The maximum atomic E-state index is 13.7. The first-order chi connectivity index (χ1) is 9.09. The van der Waals surface area contributed by atoms with E-state index >= 15 is 0 Å². The van der Waals surface area contributed by atoms with Gasteiger partial charge in [-0.15, -0.1) is 0 Å². The van der Waals surface area contributed by atoms with Crippen molar-refractivity contribution in [3.05, 3.63) is 35.1 Å². The summed E-state index contributed by atoms with van der Waals surface area (Å²) in [4.78, 5) is 0. The summed E-state index contributed by atoms with van der Waals surface area (Å²) in [6.07, 6.45) is 6.66. The number of aryl methyl sites for hydroxylation is 1. The van der Waals surface area contributed by atoms with Gasteiger partial charge in [0.1, 0.15) is 5.82 Å². The number of hydrogen-bond acceptors (Lipinski definition) is 2. The van der Waals surface area contributed by atoms with Gasteiger partial charge in [0, 0.05) is 7.11 Å². The van der Waals surface area contributed by atoms with Gasteiger partial charge in [0.05, 0.1) is 11.6 Å². The predicted octanol–water partition coefficient (Wildman–Crippen LogP) is 3.87. The molecule has 0 heterocycles. The average molecular weight is 265 g/mol. The fourth-order valence-corrected chi connectivity index (χ4v) is 3.08. The summed E-state index contributed by atoms with van der Waals surface area (Å²) in [5.74, 6) is -0.187. The van der Waals surface area contributed by atoms with Crippen molar-refractivity contribution in [2.24, 2.45) is 5.73 Å². The normalized spacial score (nSPS) is 20.8. The fourth-order valence-electron chi connectivity index (χ4n) is 3.08. The van der Waals surface area contributed by atoms with Crippen molar-refractivity contribution in [3.63, 3.8) is 0 Å². The minimum atomic E-state index is -0.335. The highest BCUT2D eigenvalue weighted by atomic mass is 19.1. The van der Waals surface area contributed by atoms with Crippen molar-refractivity contribution in [2.45, 2.75) is 57.1 Å². The van der Waals surface area contributed by atoms with E-state index in [9.17, 15) is 4.39 Å². The van der Waals surface area contributed by atoms with Crippen LogP contribution in [0.1, 0.15) is 55.7 Å². The molecule has 3 heteroatoms. The van der Waals surface area contributed by atoms with Crippen LogP contribution in [0.2, 0.25) is 0 Å². The zero-order valence-electron chi connectivity index (χ0n) is 11.9. The molecular formula is C16H24FNO. The van der Waals surface area contributed by atoms with Crippen LogP contribution in [0.15, 0.2) is 18.2 Å². The number of hydrogen-bond donors (Lipinski definition) is 1. The van der Waals surface area contributed by atoms with Gasteiger partial charge in [0.2, 0.25) is 0 Å². The maximum absolute atomic E-state index is 13.7. The molecule has 0 saturated heterocycles. The van der Waals surface area contributed by atoms with Crippen molar-refractivity contribution in [3.8, 4) is 0 Å². The molecule has 1 unspecified atom stereocenters. The van der Waals surface area contributed by atoms with Gasteiger partial charge in [-0.1, -0.05) is 37.8 Å². The molecule has 2 rings (SSSR count). The number of ether oxygens (including phenoxy) is 1. The second-order valence-electron chi connectivity index (χ2n) is 5.67. The van der Waals surface area contributed by atoms with Crippen LogP contribution >= 0.6 is 0 Å². The summed E-state index contributed by atoms with van der Waals surface area (Å²) in [6.45, 7) is 1.77. The third-order valence-corrected chi connectivity index (χ3v) is 4.48. The van der Waals surface area contributed by atoms with Gasteiger partial charge < -0.3 is 10.5 Å². The Bertz CT molecular complexity index is 425. The van der Waals surface area contributed by atoms with Crippen LogP contribution in [-0.4, -0.2) is 12.7 Å². The lowest BCUT2D eigenvalue weighted by atomic mass is 9.82. The van der Waals surface area contributed by atoms with Crippen LogP contribution in [-0.2, 0) is 4.74 Å². The molecule has 19 heavy (non-hydrogen) atoms. The van der Waals surface area contributed by atoms with Gasteiger partial charge in [0.15, 0.2) is 0 Å². The molecular weight excluding hydrogens is 241 g/mol. The Kier molecular flexibility index (Phi) is 4.58. The molecule has 0 aromatic heterocycles. The molecule has 1 saturated carbocycles. The lowest BCUT2D eigenvalue weighted by Crippen LogP contribution is -2.42. The number of rotatable bonds is 3. The van der Waals surface area contributed by atoms with Gasteiger partial charge >= 0.3 is 0 Å². The Labute approximate surface area is 115 Å². The Balaban J connectivity index is 2.28. The van der Waals surface area contributed by atoms with Crippen molar-refractivity contribution >= 4 is 0 Å². The standard InChI is InChI=1S/C16H24FNO/c1-12-7-8-13(11-14(12)17)15(18)16(19-2)9-5-3-4-6-10-16/h7-8,11,15H,3-6,9-10,18H2,1-2H3. The summed E-state index contributed by atoms with van der Waals surface area (Å²) in [5.41, 5.74) is 7.57. The van der Waals surface area contributed by atoms with Gasteiger partial charge in [-0.2, -0.15) is 0 Å². The summed E-state index contributed by atoms with van der Waals surface area (Å²) < 4.78 is 19.5. The Morgan fingerprint density at radius 1 is 1.21 bits per heavy atom. The molecule has 0 spiro atoms. The largest absolute Gasteiger partial charge is 0.376 e. The van der Waals surface area contributed by atoms with Gasteiger partial charge in [-0.05, 0) is 37.0 Å². The first-order valence-electron chi connectivity index (χ1n) is 7.16. The first-order valence-corrected chi connectivity index (χ1v) is 7.16. The highest BCUT2D eigenvalue weighted by molar-refractivity contribution is 5.27. The molecule has 0 amide bonds. The molecule has 0 radical (unpaired) electrons. The molecule has 2 N–H and O–H groups in total. The van der Waals surface area contributed by atoms with E-state index in [1.54, 1.807) is 26.2 Å². The van der Waals surface area contributed by atoms with Crippen LogP contribution in [0, 0.1) is 12.7 Å². The van der Waals surface area contributed by atoms with Gasteiger partial charge in [-0.25, -0.2) is 4.39 Å². The molecule has 1 aliphatic rings. The van der Waals surface area contributed by atoms with Gasteiger partial charge in [0.25, 0.3) is 0 Å². The van der Waals surface area contributed by atoms with Crippen molar-refractivity contribution in [1.82, 2.24) is 0 Å². The monoisotopic (exact) mass is 265 g/mol. The van der Waals surface area contributed by atoms with Crippen molar-refractivity contribution in [1.29, 1.82) is 0 Å². The third-order valence-electron chi connectivity index (χ3n) is 4.48. The Morgan fingerprint density at radius 2 is 1.84 bits per heavy atom. The number of nitrogens with two attached hydrogens (primary N) is 1. The van der Waals surface area contributed by atoms with E-state index in [0.29, 0.717) is 5.56 Å². The molecule has 1 aliphatic carbocycles. The number of halogens is 1. The van der Waals surface area contributed by atoms with Crippen molar-refractivity contribution < 1.29 is 9.13 Å². The van der Waals surface area contributed by atoms with Crippen LogP contribution < -0.4 is 5.73 Å². The van der Waals surface area contributed by atoms with E-state index in [1.165, 1.54) is 12.8 Å². The highest BCUT2D eigenvalue weighted by Gasteiger charge is 2.38. The van der Waals surface area contributed by atoms with Crippen LogP contribution in [0.4, 0.5) is 4.39 Å². The second-order valence-corrected chi connectivity index (χ2v) is 5.67. The molecule has 2 nitrogen and oxygen atoms in total. The lowest BCUT2D eigenvalue weighted by Gasteiger charge is -2.37. The SMILES string of the molecule is COC1(C(N)c2ccc(C)c(F)c2)CCCCCC1. The maximum Gasteiger partial charge on any atom is 0.126 e. The highest BCUT2D eigenvalue weighted by Crippen LogP contribution is 2.39. The van der Waals surface area contributed by atoms with Crippen LogP contribution in [0.3, 0.4) is 0 Å². The van der Waals surface area contributed by atoms with Crippen molar-refractivity contribution in [2.75, 3.05) is 7.11 Å². The molecule has 1 fully saturated rings. The summed E-state index contributed by atoms with van der Waals surface area (Å²) >= 11 is 0. The van der Waals surface area contributed by atoms with E-state index in [2.05, 4.69) is 0 Å². The van der Waals surface area contributed by atoms with Crippen LogP contribution in [0.5, 0.6) is 0 Å². The van der Waals surface area contributed by atoms with Crippen LogP contribution in [0.25, 0.3) is 0 Å². The van der Waals surface area contributed by atoms with E-state index in [4.69, 9.17) is 10.5 Å². The quantitative estimate of drug-likeness (QED) is 0.842. The molecule has 106 valence electrons.